The molecule has 0 N–H and O–H groups in total. The summed E-state index contributed by atoms with van der Waals surface area (Å²) in [5.74, 6) is 0.237. The lowest BCUT2D eigenvalue weighted by atomic mass is 10.0. The van der Waals surface area contributed by atoms with Crippen molar-refractivity contribution in [1.29, 1.82) is 0 Å². The molecule has 0 spiro atoms. The molecule has 0 aliphatic carbocycles. The van der Waals surface area contributed by atoms with E-state index < -0.39 is 0 Å². The molecular formula is C15H24N4O. The van der Waals surface area contributed by atoms with Gasteiger partial charge in [-0.1, -0.05) is 0 Å². The van der Waals surface area contributed by atoms with Gasteiger partial charge in [0.2, 0.25) is 5.91 Å². The molecule has 2 atom stereocenters. The van der Waals surface area contributed by atoms with Gasteiger partial charge in [0.05, 0.1) is 6.20 Å². The molecule has 0 bridgehead atoms. The predicted molar refractivity (Wildman–Crippen MR) is 77.0 cm³/mol. The lowest BCUT2D eigenvalue weighted by Crippen LogP contribution is -2.47. The normalized spacial score (nSPS) is 27.4. The highest BCUT2D eigenvalue weighted by Gasteiger charge is 2.38. The zero-order chi connectivity index (χ0) is 14.1. The molecular weight excluding hydrogens is 252 g/mol. The monoisotopic (exact) mass is 276 g/mol. The number of aryl methyl sites for hydroxylation is 1. The van der Waals surface area contributed by atoms with Gasteiger partial charge < -0.3 is 4.90 Å². The number of carbonyl (C=O) groups excluding carboxylic acids is 1. The van der Waals surface area contributed by atoms with Gasteiger partial charge in [0.1, 0.15) is 0 Å². The second kappa shape index (κ2) is 5.56. The lowest BCUT2D eigenvalue weighted by molar-refractivity contribution is -0.130. The van der Waals surface area contributed by atoms with Gasteiger partial charge in [0.15, 0.2) is 0 Å². The van der Waals surface area contributed by atoms with E-state index >= 15 is 0 Å². The Kier molecular flexibility index (Phi) is 3.78. The minimum Gasteiger partial charge on any atom is -0.338 e. The molecule has 3 heterocycles. The zero-order valence-electron chi connectivity index (χ0n) is 12.5. The topological polar surface area (TPSA) is 41.4 Å². The fraction of sp³-hybridized carbons (Fsp3) is 0.733. The van der Waals surface area contributed by atoms with Crippen molar-refractivity contribution in [3.63, 3.8) is 0 Å². The van der Waals surface area contributed by atoms with Crippen LogP contribution in [0.25, 0.3) is 0 Å². The Hall–Kier alpha value is -1.36. The average molecular weight is 276 g/mol. The van der Waals surface area contributed by atoms with Crippen LogP contribution in [0.1, 0.15) is 38.2 Å². The largest absolute Gasteiger partial charge is 0.338 e. The maximum absolute atomic E-state index is 11.8. The van der Waals surface area contributed by atoms with Crippen molar-refractivity contribution in [3.05, 3.63) is 18.0 Å². The van der Waals surface area contributed by atoms with Crippen LogP contribution in [0.3, 0.4) is 0 Å². The summed E-state index contributed by atoms with van der Waals surface area (Å²) in [4.78, 5) is 16.4. The van der Waals surface area contributed by atoms with Crippen molar-refractivity contribution >= 4 is 5.91 Å². The summed E-state index contributed by atoms with van der Waals surface area (Å²) in [6.45, 7) is 4.75. The predicted octanol–water partition coefficient (Wildman–Crippen LogP) is 1.40. The molecule has 1 amide bonds. The van der Waals surface area contributed by atoms with Crippen molar-refractivity contribution in [2.24, 2.45) is 7.05 Å². The average Bonchev–Trinajstić information content (AvgIpc) is 3.09. The van der Waals surface area contributed by atoms with Crippen LogP contribution in [0.5, 0.6) is 0 Å². The van der Waals surface area contributed by atoms with Gasteiger partial charge >= 0.3 is 0 Å². The third-order valence-corrected chi connectivity index (χ3v) is 4.71. The molecule has 2 unspecified atom stereocenters. The quantitative estimate of drug-likeness (QED) is 0.838. The number of amides is 1. The van der Waals surface area contributed by atoms with Gasteiger partial charge in [0.25, 0.3) is 0 Å². The second-order valence-corrected chi connectivity index (χ2v) is 6.12. The molecule has 2 aliphatic rings. The standard InChI is InChI=1S/C15H24N4O/c1-12(20)19-8-4-6-15(19)14-5-3-7-18(14)11-13-9-16-17(2)10-13/h9-10,14-15H,3-8,11H2,1-2H3. The van der Waals surface area contributed by atoms with Crippen molar-refractivity contribution in [3.8, 4) is 0 Å². The minimum atomic E-state index is 0.237. The first-order valence-electron chi connectivity index (χ1n) is 7.64. The maximum Gasteiger partial charge on any atom is 0.219 e. The first-order chi connectivity index (χ1) is 9.65. The molecule has 0 radical (unpaired) electrons. The van der Waals surface area contributed by atoms with Gasteiger partial charge in [-0.15, -0.1) is 0 Å². The Labute approximate surface area is 120 Å². The zero-order valence-corrected chi connectivity index (χ0v) is 12.5. The molecule has 110 valence electrons. The molecule has 5 heteroatoms. The summed E-state index contributed by atoms with van der Waals surface area (Å²) in [5, 5.41) is 4.25. The summed E-state index contributed by atoms with van der Waals surface area (Å²) in [5.41, 5.74) is 1.27. The van der Waals surface area contributed by atoms with Crippen molar-refractivity contribution in [2.45, 2.75) is 51.2 Å². The lowest BCUT2D eigenvalue weighted by Gasteiger charge is -2.34. The van der Waals surface area contributed by atoms with E-state index in [0.717, 1.165) is 32.5 Å². The first kappa shape index (κ1) is 13.6. The first-order valence-corrected chi connectivity index (χ1v) is 7.64. The number of aromatic nitrogens is 2. The van der Waals surface area contributed by atoms with E-state index in [0.29, 0.717) is 12.1 Å². The van der Waals surface area contributed by atoms with Crippen LogP contribution >= 0.6 is 0 Å². The van der Waals surface area contributed by atoms with Crippen LogP contribution in [0.4, 0.5) is 0 Å². The molecule has 1 aromatic rings. The minimum absolute atomic E-state index is 0.237. The third-order valence-electron chi connectivity index (χ3n) is 4.71. The molecule has 2 fully saturated rings. The van der Waals surface area contributed by atoms with Crippen LogP contribution in [0.2, 0.25) is 0 Å². The van der Waals surface area contributed by atoms with Gasteiger partial charge in [0, 0.05) is 50.9 Å². The fourth-order valence-corrected chi connectivity index (χ4v) is 3.86. The SMILES string of the molecule is CC(=O)N1CCCC1C1CCCN1Cc1cnn(C)c1. The summed E-state index contributed by atoms with van der Waals surface area (Å²) in [6.07, 6.45) is 8.82. The molecule has 2 aliphatic heterocycles. The number of carbonyl (C=O) groups is 1. The van der Waals surface area contributed by atoms with Crippen molar-refractivity contribution in [2.75, 3.05) is 13.1 Å². The smallest absolute Gasteiger partial charge is 0.219 e. The van der Waals surface area contributed by atoms with E-state index in [1.807, 2.05) is 17.9 Å². The highest BCUT2D eigenvalue weighted by Crippen LogP contribution is 2.30. The van der Waals surface area contributed by atoms with Gasteiger partial charge in [-0.05, 0) is 32.2 Å². The fourth-order valence-electron chi connectivity index (χ4n) is 3.86. The number of nitrogens with zero attached hydrogens (tertiary/aromatic N) is 4. The Morgan fingerprint density at radius 3 is 2.75 bits per heavy atom. The summed E-state index contributed by atoms with van der Waals surface area (Å²) in [7, 11) is 1.96. The van der Waals surface area contributed by atoms with Crippen LogP contribution in [-0.2, 0) is 18.4 Å². The number of hydrogen-bond donors (Lipinski definition) is 0. The van der Waals surface area contributed by atoms with Crippen LogP contribution in [0, 0.1) is 0 Å². The maximum atomic E-state index is 11.8. The highest BCUT2D eigenvalue weighted by molar-refractivity contribution is 5.74. The van der Waals surface area contributed by atoms with Crippen molar-refractivity contribution in [1.82, 2.24) is 19.6 Å². The molecule has 1 aromatic heterocycles. The van der Waals surface area contributed by atoms with Gasteiger partial charge in [-0.2, -0.15) is 5.10 Å². The van der Waals surface area contributed by atoms with Crippen LogP contribution < -0.4 is 0 Å². The van der Waals surface area contributed by atoms with E-state index in [1.54, 1.807) is 6.92 Å². The van der Waals surface area contributed by atoms with Crippen molar-refractivity contribution < 1.29 is 4.79 Å². The van der Waals surface area contributed by atoms with Crippen LogP contribution in [0.15, 0.2) is 12.4 Å². The Morgan fingerprint density at radius 2 is 2.05 bits per heavy atom. The number of hydrogen-bond acceptors (Lipinski definition) is 3. The Bertz CT molecular complexity index is 484. The Morgan fingerprint density at radius 1 is 1.30 bits per heavy atom. The van der Waals surface area contributed by atoms with Gasteiger partial charge in [-0.25, -0.2) is 0 Å². The van der Waals surface area contributed by atoms with E-state index in [9.17, 15) is 4.79 Å². The molecule has 3 rings (SSSR count). The highest BCUT2D eigenvalue weighted by atomic mass is 16.2. The molecule has 5 nitrogen and oxygen atoms in total. The second-order valence-electron chi connectivity index (χ2n) is 6.12. The number of likely N-dealkylation sites (tertiary alicyclic amines) is 2. The molecule has 0 saturated carbocycles. The molecule has 2 saturated heterocycles. The summed E-state index contributed by atoms with van der Waals surface area (Å²) < 4.78 is 1.86. The van der Waals surface area contributed by atoms with Gasteiger partial charge in [-0.3, -0.25) is 14.4 Å². The van der Waals surface area contributed by atoms with E-state index in [2.05, 4.69) is 21.1 Å². The van der Waals surface area contributed by atoms with E-state index in [1.165, 1.54) is 18.4 Å². The summed E-state index contributed by atoms with van der Waals surface area (Å²) >= 11 is 0. The number of rotatable bonds is 3. The summed E-state index contributed by atoms with van der Waals surface area (Å²) in [6, 6.07) is 0.952. The van der Waals surface area contributed by atoms with E-state index in [4.69, 9.17) is 0 Å². The van der Waals surface area contributed by atoms with E-state index in [-0.39, 0.29) is 5.91 Å². The Balaban J connectivity index is 1.70. The van der Waals surface area contributed by atoms with Crippen LogP contribution in [-0.4, -0.2) is 50.7 Å². The molecule has 0 aromatic carbocycles. The molecule has 20 heavy (non-hydrogen) atoms. The third kappa shape index (κ3) is 2.59.